The fourth-order valence-electron chi connectivity index (χ4n) is 2.72. The van der Waals surface area contributed by atoms with E-state index in [1.165, 1.54) is 6.07 Å². The Morgan fingerprint density at radius 2 is 1.90 bits per heavy atom. The molecule has 3 rings (SSSR count). The van der Waals surface area contributed by atoms with Crippen LogP contribution in [-0.2, 0) is 11.4 Å². The molecule has 0 aliphatic rings. The average Bonchev–Trinajstić information content (AvgIpc) is 3.15. The number of hydrogen-bond acceptors (Lipinski definition) is 8. The number of ether oxygens (including phenoxy) is 1. The van der Waals surface area contributed by atoms with Crippen LogP contribution in [0.5, 0.6) is 5.75 Å². The summed E-state index contributed by atoms with van der Waals surface area (Å²) in [5.41, 5.74) is 2.85. The molecular formula is C20H20N4O5S. The van der Waals surface area contributed by atoms with Crippen molar-refractivity contribution in [1.29, 1.82) is 0 Å². The van der Waals surface area contributed by atoms with Gasteiger partial charge in [-0.15, -0.1) is 10.2 Å². The molecule has 1 amide bonds. The highest BCUT2D eigenvalue weighted by Crippen LogP contribution is 2.25. The van der Waals surface area contributed by atoms with E-state index in [-0.39, 0.29) is 29.2 Å². The molecule has 0 spiro atoms. The fourth-order valence-corrected chi connectivity index (χ4v) is 3.30. The maximum Gasteiger partial charge on any atom is 0.277 e. The lowest BCUT2D eigenvalue weighted by molar-refractivity contribution is -0.385. The summed E-state index contributed by atoms with van der Waals surface area (Å²) in [6, 6.07) is 10.4. The largest absolute Gasteiger partial charge is 0.483 e. The zero-order chi connectivity index (χ0) is 21.7. The monoisotopic (exact) mass is 428 g/mol. The van der Waals surface area contributed by atoms with E-state index in [0.717, 1.165) is 28.6 Å². The normalized spacial score (nSPS) is 10.6. The van der Waals surface area contributed by atoms with Gasteiger partial charge in [0.25, 0.3) is 16.8 Å². The van der Waals surface area contributed by atoms with E-state index < -0.39 is 4.92 Å². The second-order valence-corrected chi connectivity index (χ2v) is 7.49. The Hall–Kier alpha value is -3.40. The molecule has 0 fully saturated rings. The number of nitrogens with one attached hydrogen (secondary N) is 1. The third-order valence-corrected chi connectivity index (χ3v) is 5.03. The molecule has 1 heterocycles. The number of benzene rings is 2. The van der Waals surface area contributed by atoms with E-state index in [1.807, 2.05) is 32.0 Å². The second-order valence-electron chi connectivity index (χ2n) is 6.57. The summed E-state index contributed by atoms with van der Waals surface area (Å²) in [5.74, 6) is 0.747. The summed E-state index contributed by atoms with van der Waals surface area (Å²) in [4.78, 5) is 22.6. The fraction of sp³-hybridized carbons (Fsp3) is 0.250. The number of rotatable bonds is 8. The van der Waals surface area contributed by atoms with Crippen molar-refractivity contribution in [3.05, 3.63) is 69.1 Å². The third kappa shape index (κ3) is 5.35. The van der Waals surface area contributed by atoms with Gasteiger partial charge in [0, 0.05) is 17.3 Å². The molecule has 2 aromatic carbocycles. The van der Waals surface area contributed by atoms with Gasteiger partial charge in [0.05, 0.1) is 10.7 Å². The summed E-state index contributed by atoms with van der Waals surface area (Å²) in [6.45, 7) is 5.67. The number of amides is 1. The number of para-hydroxylation sites is 1. The van der Waals surface area contributed by atoms with E-state index >= 15 is 0 Å². The van der Waals surface area contributed by atoms with Crippen LogP contribution in [0.2, 0.25) is 0 Å². The molecule has 0 atom stereocenters. The van der Waals surface area contributed by atoms with Gasteiger partial charge < -0.3 is 14.5 Å². The molecule has 3 aromatic rings. The molecule has 0 saturated carbocycles. The number of nitrogens with zero attached hydrogens (tertiary/aromatic N) is 3. The molecule has 30 heavy (non-hydrogen) atoms. The van der Waals surface area contributed by atoms with E-state index in [4.69, 9.17) is 9.15 Å². The van der Waals surface area contributed by atoms with Gasteiger partial charge in [-0.25, -0.2) is 0 Å². The summed E-state index contributed by atoms with van der Waals surface area (Å²) in [6.07, 6.45) is 0. The molecule has 9 nitrogen and oxygen atoms in total. The van der Waals surface area contributed by atoms with Crippen LogP contribution in [0.1, 0.15) is 22.6 Å². The topological polar surface area (TPSA) is 120 Å². The van der Waals surface area contributed by atoms with Crippen LogP contribution in [0.25, 0.3) is 0 Å². The van der Waals surface area contributed by atoms with Crippen molar-refractivity contribution in [2.75, 3.05) is 11.1 Å². The van der Waals surface area contributed by atoms with Crippen molar-refractivity contribution < 1.29 is 18.9 Å². The third-order valence-electron chi connectivity index (χ3n) is 4.21. The number of carbonyl (C=O) groups is 1. The minimum atomic E-state index is -0.486. The first-order chi connectivity index (χ1) is 14.3. The van der Waals surface area contributed by atoms with E-state index in [2.05, 4.69) is 15.5 Å². The minimum absolute atomic E-state index is 0.0149. The Bertz CT molecular complexity index is 1060. The number of thioether (sulfide) groups is 1. The standard InChI is InChI=1S/C20H20N4O5S/c1-12-7-8-15(9-16(12)24(26)27)21-17(25)11-30-20-23-22-18(29-20)10-28-19-13(2)5-4-6-14(19)3/h4-9H,10-11H2,1-3H3,(H,21,25). The van der Waals surface area contributed by atoms with Gasteiger partial charge in [0.2, 0.25) is 5.91 Å². The average molecular weight is 428 g/mol. The first-order valence-corrected chi connectivity index (χ1v) is 10.0. The molecule has 0 unspecified atom stereocenters. The van der Waals surface area contributed by atoms with Crippen molar-refractivity contribution >= 4 is 29.0 Å². The number of nitro groups is 1. The first kappa shape index (κ1) is 21.3. The Balaban J connectivity index is 1.52. The van der Waals surface area contributed by atoms with Crippen LogP contribution in [0.15, 0.2) is 46.0 Å². The predicted molar refractivity (Wildman–Crippen MR) is 112 cm³/mol. The lowest BCUT2D eigenvalue weighted by Gasteiger charge is -2.09. The molecule has 0 saturated heterocycles. The zero-order valence-electron chi connectivity index (χ0n) is 16.7. The Labute approximate surface area is 177 Å². The summed E-state index contributed by atoms with van der Waals surface area (Å²) < 4.78 is 11.3. The van der Waals surface area contributed by atoms with Crippen LogP contribution < -0.4 is 10.1 Å². The Morgan fingerprint density at radius 3 is 2.60 bits per heavy atom. The molecule has 0 aliphatic heterocycles. The van der Waals surface area contributed by atoms with Gasteiger partial charge >= 0.3 is 0 Å². The zero-order valence-corrected chi connectivity index (χ0v) is 17.5. The SMILES string of the molecule is Cc1ccc(NC(=O)CSc2nnc(COc3c(C)cccc3C)o2)cc1[N+](=O)[O-]. The number of anilines is 1. The predicted octanol–water partition coefficient (Wildman–Crippen LogP) is 4.21. The maximum atomic E-state index is 12.1. The number of nitro benzene ring substituents is 1. The van der Waals surface area contributed by atoms with Crippen molar-refractivity contribution in [2.45, 2.75) is 32.6 Å². The number of carbonyl (C=O) groups excluding carboxylic acids is 1. The van der Waals surface area contributed by atoms with Crippen LogP contribution in [0.3, 0.4) is 0 Å². The molecule has 10 heteroatoms. The van der Waals surface area contributed by atoms with Gasteiger partial charge in [-0.3, -0.25) is 14.9 Å². The number of aryl methyl sites for hydroxylation is 3. The van der Waals surface area contributed by atoms with Crippen molar-refractivity contribution in [3.63, 3.8) is 0 Å². The van der Waals surface area contributed by atoms with Gasteiger partial charge in [-0.2, -0.15) is 0 Å². The quantitative estimate of drug-likeness (QED) is 0.322. The molecule has 156 valence electrons. The highest BCUT2D eigenvalue weighted by atomic mass is 32.2. The highest BCUT2D eigenvalue weighted by Gasteiger charge is 2.14. The molecule has 0 bridgehead atoms. The molecule has 1 N–H and O–H groups in total. The highest BCUT2D eigenvalue weighted by molar-refractivity contribution is 7.99. The van der Waals surface area contributed by atoms with Crippen LogP contribution in [0, 0.1) is 30.9 Å². The summed E-state index contributed by atoms with van der Waals surface area (Å²) >= 11 is 1.07. The maximum absolute atomic E-state index is 12.1. The first-order valence-electron chi connectivity index (χ1n) is 9.02. The van der Waals surface area contributed by atoms with Crippen LogP contribution in [0.4, 0.5) is 11.4 Å². The number of aromatic nitrogens is 2. The lowest BCUT2D eigenvalue weighted by atomic mass is 10.1. The van der Waals surface area contributed by atoms with E-state index in [1.54, 1.807) is 19.1 Å². The Kier molecular flexibility index (Phi) is 6.68. The van der Waals surface area contributed by atoms with Crippen LogP contribution in [-0.4, -0.2) is 26.8 Å². The molecule has 0 radical (unpaired) electrons. The van der Waals surface area contributed by atoms with Crippen molar-refractivity contribution in [1.82, 2.24) is 10.2 Å². The van der Waals surface area contributed by atoms with E-state index in [9.17, 15) is 14.9 Å². The van der Waals surface area contributed by atoms with Gasteiger partial charge in [0.1, 0.15) is 5.75 Å². The minimum Gasteiger partial charge on any atom is -0.483 e. The second kappa shape index (κ2) is 9.40. The van der Waals surface area contributed by atoms with Gasteiger partial charge in [0.15, 0.2) is 6.61 Å². The summed E-state index contributed by atoms with van der Waals surface area (Å²) in [5, 5.41) is 21.7. The molecular weight excluding hydrogens is 408 g/mol. The van der Waals surface area contributed by atoms with Gasteiger partial charge in [-0.1, -0.05) is 36.0 Å². The van der Waals surface area contributed by atoms with Crippen molar-refractivity contribution in [3.8, 4) is 5.75 Å². The molecule has 0 aliphatic carbocycles. The Morgan fingerprint density at radius 1 is 1.17 bits per heavy atom. The van der Waals surface area contributed by atoms with Gasteiger partial charge in [-0.05, 0) is 38.0 Å². The summed E-state index contributed by atoms with van der Waals surface area (Å²) in [7, 11) is 0. The smallest absolute Gasteiger partial charge is 0.277 e. The van der Waals surface area contributed by atoms with E-state index in [0.29, 0.717) is 17.1 Å². The van der Waals surface area contributed by atoms with Crippen molar-refractivity contribution in [2.24, 2.45) is 0 Å². The number of hydrogen-bond donors (Lipinski definition) is 1. The van der Waals surface area contributed by atoms with Crippen LogP contribution >= 0.6 is 11.8 Å². The lowest BCUT2D eigenvalue weighted by Crippen LogP contribution is -2.14. The molecule has 1 aromatic heterocycles.